The average Bonchev–Trinajstić information content (AvgIpc) is 3.18. The maximum absolute atomic E-state index is 11.9. The lowest BCUT2D eigenvalue weighted by Gasteiger charge is -2.19. The van der Waals surface area contributed by atoms with Gasteiger partial charge in [0.2, 0.25) is 0 Å². The van der Waals surface area contributed by atoms with Crippen molar-refractivity contribution in [3.05, 3.63) is 29.6 Å². The highest BCUT2D eigenvalue weighted by molar-refractivity contribution is 5.94. The first-order valence-corrected chi connectivity index (χ1v) is 6.60. The fourth-order valence-corrected chi connectivity index (χ4v) is 1.68. The van der Waals surface area contributed by atoms with Crippen molar-refractivity contribution in [3.8, 4) is 0 Å². The van der Waals surface area contributed by atoms with Crippen molar-refractivity contribution in [2.24, 2.45) is 0 Å². The van der Waals surface area contributed by atoms with E-state index in [1.807, 2.05) is 0 Å². The van der Waals surface area contributed by atoms with Crippen LogP contribution in [-0.2, 0) is 4.74 Å². The van der Waals surface area contributed by atoms with Gasteiger partial charge in [0.1, 0.15) is 5.60 Å². The van der Waals surface area contributed by atoms with E-state index in [9.17, 15) is 9.59 Å². The fraction of sp³-hybridized carbons (Fsp3) is 0.500. The highest BCUT2D eigenvalue weighted by Crippen LogP contribution is 2.38. The number of hydrogen-bond donors (Lipinski definition) is 2. The molecule has 108 valence electrons. The second-order valence-corrected chi connectivity index (χ2v) is 5.82. The Bertz CT molecular complexity index is 519. The molecule has 2 N–H and O–H groups in total. The third kappa shape index (κ3) is 4.22. The Kier molecular flexibility index (Phi) is 3.92. The molecule has 1 aliphatic carbocycles. The number of rotatable bonds is 2. The summed E-state index contributed by atoms with van der Waals surface area (Å²) in [7, 11) is 0. The molecule has 1 heterocycles. The van der Waals surface area contributed by atoms with Gasteiger partial charge in [0.25, 0.3) is 5.91 Å². The minimum Gasteiger partial charge on any atom is -0.443 e. The van der Waals surface area contributed by atoms with Gasteiger partial charge in [-0.3, -0.25) is 15.2 Å². The fourth-order valence-electron chi connectivity index (χ4n) is 1.68. The SMILES string of the molecule is CC(C)(C)OC(=O)NNC(=O)c1ccnc(C2CC2)c1. The Morgan fingerprint density at radius 3 is 2.60 bits per heavy atom. The van der Waals surface area contributed by atoms with Gasteiger partial charge >= 0.3 is 6.09 Å². The summed E-state index contributed by atoms with van der Waals surface area (Å²) in [4.78, 5) is 27.6. The molecule has 0 unspecified atom stereocenters. The van der Waals surface area contributed by atoms with E-state index >= 15 is 0 Å². The van der Waals surface area contributed by atoms with Crippen molar-refractivity contribution in [3.63, 3.8) is 0 Å². The number of carbonyl (C=O) groups excluding carboxylic acids is 2. The molecule has 0 aromatic carbocycles. The smallest absolute Gasteiger partial charge is 0.426 e. The molecule has 2 amide bonds. The number of nitrogens with zero attached hydrogens (tertiary/aromatic N) is 1. The van der Waals surface area contributed by atoms with Crippen molar-refractivity contribution in [1.82, 2.24) is 15.8 Å². The summed E-state index contributed by atoms with van der Waals surface area (Å²) in [5, 5.41) is 0. The standard InChI is InChI=1S/C14H19N3O3/c1-14(2,3)20-13(19)17-16-12(18)10-6-7-15-11(8-10)9-4-5-9/h6-9H,4-5H2,1-3H3,(H,16,18)(H,17,19). The Morgan fingerprint density at radius 2 is 2.00 bits per heavy atom. The Hall–Kier alpha value is -2.11. The molecule has 0 spiro atoms. The number of hydrazine groups is 1. The highest BCUT2D eigenvalue weighted by atomic mass is 16.6. The van der Waals surface area contributed by atoms with E-state index in [1.54, 1.807) is 39.1 Å². The minimum atomic E-state index is -0.692. The van der Waals surface area contributed by atoms with Crippen molar-refractivity contribution in [2.75, 3.05) is 0 Å². The van der Waals surface area contributed by atoms with Crippen molar-refractivity contribution >= 4 is 12.0 Å². The quantitative estimate of drug-likeness (QED) is 0.811. The molecule has 1 aliphatic rings. The van der Waals surface area contributed by atoms with Gasteiger partial charge in [-0.15, -0.1) is 0 Å². The van der Waals surface area contributed by atoms with E-state index in [4.69, 9.17) is 4.74 Å². The van der Waals surface area contributed by atoms with Gasteiger partial charge < -0.3 is 4.74 Å². The number of carbonyl (C=O) groups is 2. The van der Waals surface area contributed by atoms with Crippen LogP contribution < -0.4 is 10.9 Å². The second-order valence-electron chi connectivity index (χ2n) is 5.82. The van der Waals surface area contributed by atoms with Crippen LogP contribution in [0.3, 0.4) is 0 Å². The normalized spacial score (nSPS) is 14.6. The van der Waals surface area contributed by atoms with Crippen LogP contribution in [0.1, 0.15) is 55.6 Å². The molecule has 1 aromatic heterocycles. The van der Waals surface area contributed by atoms with Gasteiger partial charge in [-0.2, -0.15) is 0 Å². The zero-order valence-corrected chi connectivity index (χ0v) is 11.9. The number of nitrogens with one attached hydrogen (secondary N) is 2. The lowest BCUT2D eigenvalue weighted by atomic mass is 10.2. The average molecular weight is 277 g/mol. The molecule has 0 bridgehead atoms. The molecule has 0 radical (unpaired) electrons. The first-order valence-electron chi connectivity index (χ1n) is 6.60. The summed E-state index contributed by atoms with van der Waals surface area (Å²) in [6.45, 7) is 5.25. The van der Waals surface area contributed by atoms with E-state index in [0.29, 0.717) is 11.5 Å². The Morgan fingerprint density at radius 1 is 1.30 bits per heavy atom. The van der Waals surface area contributed by atoms with Gasteiger partial charge in [-0.05, 0) is 45.7 Å². The van der Waals surface area contributed by atoms with E-state index in [-0.39, 0.29) is 5.91 Å². The maximum atomic E-state index is 11.9. The van der Waals surface area contributed by atoms with E-state index < -0.39 is 11.7 Å². The molecule has 0 atom stereocenters. The zero-order chi connectivity index (χ0) is 14.8. The van der Waals surface area contributed by atoms with E-state index in [0.717, 1.165) is 18.5 Å². The number of aromatic nitrogens is 1. The molecular formula is C14H19N3O3. The van der Waals surface area contributed by atoms with Crippen molar-refractivity contribution < 1.29 is 14.3 Å². The molecule has 2 rings (SSSR count). The zero-order valence-electron chi connectivity index (χ0n) is 11.9. The summed E-state index contributed by atoms with van der Waals surface area (Å²) in [6, 6.07) is 3.36. The molecule has 6 nitrogen and oxygen atoms in total. The largest absolute Gasteiger partial charge is 0.443 e. The van der Waals surface area contributed by atoms with Crippen LogP contribution in [0.25, 0.3) is 0 Å². The molecule has 20 heavy (non-hydrogen) atoms. The third-order valence-corrected chi connectivity index (χ3v) is 2.72. The van der Waals surface area contributed by atoms with Crippen molar-refractivity contribution in [1.29, 1.82) is 0 Å². The molecular weight excluding hydrogens is 258 g/mol. The predicted molar refractivity (Wildman–Crippen MR) is 73.0 cm³/mol. The number of ether oxygens (including phenoxy) is 1. The minimum absolute atomic E-state index is 0.389. The van der Waals surface area contributed by atoms with Gasteiger partial charge in [0.15, 0.2) is 0 Å². The number of pyridine rings is 1. The monoisotopic (exact) mass is 277 g/mol. The van der Waals surface area contributed by atoms with Crippen LogP contribution in [0.4, 0.5) is 4.79 Å². The van der Waals surface area contributed by atoms with Crippen LogP contribution in [0, 0.1) is 0 Å². The Labute approximate surface area is 117 Å². The summed E-state index contributed by atoms with van der Waals surface area (Å²) in [5.74, 6) is 0.0849. The first kappa shape index (κ1) is 14.3. The Balaban J connectivity index is 1.88. The molecule has 1 saturated carbocycles. The summed E-state index contributed by atoms with van der Waals surface area (Å²) < 4.78 is 5.02. The van der Waals surface area contributed by atoms with Crippen LogP contribution in [0.15, 0.2) is 18.3 Å². The van der Waals surface area contributed by atoms with Gasteiger partial charge in [0.05, 0.1) is 0 Å². The topological polar surface area (TPSA) is 80.3 Å². The van der Waals surface area contributed by atoms with Crippen LogP contribution in [0.5, 0.6) is 0 Å². The second kappa shape index (κ2) is 5.48. The maximum Gasteiger partial charge on any atom is 0.426 e. The first-order chi connectivity index (χ1) is 9.35. The van der Waals surface area contributed by atoms with E-state index in [2.05, 4.69) is 15.8 Å². The summed E-state index contributed by atoms with van der Waals surface area (Å²) in [6.07, 6.45) is 3.15. The molecule has 6 heteroatoms. The molecule has 0 aliphatic heterocycles. The van der Waals surface area contributed by atoms with Crippen LogP contribution in [0.2, 0.25) is 0 Å². The molecule has 1 aromatic rings. The summed E-state index contributed by atoms with van der Waals surface area (Å²) in [5.41, 5.74) is 5.33. The number of amides is 2. The predicted octanol–water partition coefficient (Wildman–Crippen LogP) is 2.13. The third-order valence-electron chi connectivity index (χ3n) is 2.72. The van der Waals surface area contributed by atoms with Gasteiger partial charge in [-0.1, -0.05) is 0 Å². The van der Waals surface area contributed by atoms with Crippen molar-refractivity contribution in [2.45, 2.75) is 45.1 Å². The van der Waals surface area contributed by atoms with Gasteiger partial charge in [-0.25, -0.2) is 10.2 Å². The van der Waals surface area contributed by atoms with E-state index in [1.165, 1.54) is 0 Å². The van der Waals surface area contributed by atoms with Gasteiger partial charge in [0, 0.05) is 23.4 Å². The van der Waals surface area contributed by atoms with Crippen LogP contribution in [-0.4, -0.2) is 22.6 Å². The highest BCUT2D eigenvalue weighted by Gasteiger charge is 2.25. The summed E-state index contributed by atoms with van der Waals surface area (Å²) >= 11 is 0. The molecule has 0 saturated heterocycles. The molecule has 1 fully saturated rings. The lowest BCUT2D eigenvalue weighted by molar-refractivity contribution is 0.0483. The number of hydrogen-bond acceptors (Lipinski definition) is 4. The van der Waals surface area contributed by atoms with Crippen LogP contribution >= 0.6 is 0 Å². The lowest BCUT2D eigenvalue weighted by Crippen LogP contribution is -2.44.